The zero-order valence-electron chi connectivity index (χ0n) is 11.4. The van der Waals surface area contributed by atoms with Gasteiger partial charge in [0.2, 0.25) is 0 Å². The molecule has 2 rings (SSSR count). The first-order valence-corrected chi connectivity index (χ1v) is 6.83. The summed E-state index contributed by atoms with van der Waals surface area (Å²) in [7, 11) is 2.66. The molecule has 20 heavy (non-hydrogen) atoms. The molecule has 1 heterocycles. The third-order valence-electron chi connectivity index (χ3n) is 2.82. The van der Waals surface area contributed by atoms with Crippen LogP contribution in [0.4, 0.5) is 4.39 Å². The van der Waals surface area contributed by atoms with Crippen LogP contribution in [0.1, 0.15) is 22.2 Å². The Bertz CT molecular complexity index is 639. The van der Waals surface area contributed by atoms with Gasteiger partial charge in [-0.25, -0.2) is 14.2 Å². The van der Waals surface area contributed by atoms with Crippen LogP contribution < -0.4 is 4.74 Å². The van der Waals surface area contributed by atoms with Gasteiger partial charge in [-0.1, -0.05) is 6.92 Å². The van der Waals surface area contributed by atoms with Gasteiger partial charge in [0.15, 0.2) is 0 Å². The van der Waals surface area contributed by atoms with Crippen LogP contribution in [-0.4, -0.2) is 25.2 Å². The molecule has 0 bridgehead atoms. The van der Waals surface area contributed by atoms with Gasteiger partial charge in [-0.15, -0.1) is 11.3 Å². The van der Waals surface area contributed by atoms with Crippen molar-refractivity contribution >= 4 is 17.3 Å². The number of esters is 1. The van der Waals surface area contributed by atoms with E-state index in [2.05, 4.69) is 9.72 Å². The summed E-state index contributed by atoms with van der Waals surface area (Å²) >= 11 is 1.39. The highest BCUT2D eigenvalue weighted by Gasteiger charge is 2.20. The van der Waals surface area contributed by atoms with E-state index < -0.39 is 11.8 Å². The van der Waals surface area contributed by atoms with E-state index in [-0.39, 0.29) is 11.1 Å². The Morgan fingerprint density at radius 3 is 2.70 bits per heavy atom. The monoisotopic (exact) mass is 295 g/mol. The normalized spacial score (nSPS) is 10.4. The highest BCUT2D eigenvalue weighted by Crippen LogP contribution is 2.33. The lowest BCUT2D eigenvalue weighted by atomic mass is 10.1. The van der Waals surface area contributed by atoms with Gasteiger partial charge in [0, 0.05) is 11.1 Å². The predicted octanol–water partition coefficient (Wildman–Crippen LogP) is 3.31. The fourth-order valence-electron chi connectivity index (χ4n) is 1.73. The Morgan fingerprint density at radius 1 is 1.40 bits per heavy atom. The third kappa shape index (κ3) is 2.65. The van der Waals surface area contributed by atoms with Gasteiger partial charge in [-0.2, -0.15) is 0 Å². The maximum atomic E-state index is 14.4. The number of nitrogens with zero attached hydrogens (tertiary/aromatic N) is 1. The zero-order chi connectivity index (χ0) is 14.7. The molecule has 0 aliphatic heterocycles. The summed E-state index contributed by atoms with van der Waals surface area (Å²) in [6, 6.07) is 2.85. The number of rotatable bonds is 4. The van der Waals surface area contributed by atoms with E-state index in [0.29, 0.717) is 10.8 Å². The molecule has 0 atom stereocenters. The molecule has 0 unspecified atom stereocenters. The van der Waals surface area contributed by atoms with E-state index in [0.717, 1.165) is 11.3 Å². The Hall–Kier alpha value is -1.95. The molecule has 0 amide bonds. The molecule has 0 aliphatic carbocycles. The lowest BCUT2D eigenvalue weighted by Gasteiger charge is -2.08. The molecule has 0 radical (unpaired) electrons. The molecular formula is C14H14FNO3S. The predicted molar refractivity (Wildman–Crippen MR) is 74.8 cm³/mol. The van der Waals surface area contributed by atoms with E-state index in [9.17, 15) is 9.18 Å². The molecule has 0 saturated heterocycles. The Kier molecular flexibility index (Phi) is 4.34. The Morgan fingerprint density at radius 2 is 2.15 bits per heavy atom. The lowest BCUT2D eigenvalue weighted by Crippen LogP contribution is -2.06. The highest BCUT2D eigenvalue weighted by atomic mass is 32.1. The van der Waals surface area contributed by atoms with E-state index in [1.165, 1.54) is 37.7 Å². The smallest absolute Gasteiger partial charge is 0.341 e. The maximum Gasteiger partial charge on any atom is 0.341 e. The topological polar surface area (TPSA) is 48.4 Å². The standard InChI is InChI=1S/C14H14FNO3S/c1-4-9-7-16-13(20-9)10-5-8(18-2)6-11(12(10)15)14(17)19-3/h5-7H,4H2,1-3H3. The van der Waals surface area contributed by atoms with Gasteiger partial charge in [0.1, 0.15) is 16.6 Å². The average Bonchev–Trinajstić information content (AvgIpc) is 2.95. The van der Waals surface area contributed by atoms with Crippen LogP contribution in [0.3, 0.4) is 0 Å². The van der Waals surface area contributed by atoms with Gasteiger partial charge < -0.3 is 9.47 Å². The SMILES string of the molecule is CCc1cnc(-c2cc(OC)cc(C(=O)OC)c2F)s1. The first-order chi connectivity index (χ1) is 9.60. The molecule has 1 aromatic heterocycles. The number of halogens is 1. The second-order valence-electron chi connectivity index (χ2n) is 4.01. The van der Waals surface area contributed by atoms with Crippen LogP contribution in [-0.2, 0) is 11.2 Å². The number of ether oxygens (including phenoxy) is 2. The largest absolute Gasteiger partial charge is 0.497 e. The first kappa shape index (κ1) is 14.5. The lowest BCUT2D eigenvalue weighted by molar-refractivity contribution is 0.0595. The van der Waals surface area contributed by atoms with Crippen molar-refractivity contribution in [1.82, 2.24) is 4.98 Å². The molecule has 2 aromatic rings. The molecule has 106 valence electrons. The van der Waals surface area contributed by atoms with Crippen molar-refractivity contribution in [2.75, 3.05) is 14.2 Å². The fourth-order valence-corrected chi connectivity index (χ4v) is 2.59. The number of hydrogen-bond acceptors (Lipinski definition) is 5. The number of hydrogen-bond donors (Lipinski definition) is 0. The second-order valence-corrected chi connectivity index (χ2v) is 5.13. The van der Waals surface area contributed by atoms with Gasteiger partial charge in [0.25, 0.3) is 0 Å². The van der Waals surface area contributed by atoms with Crippen molar-refractivity contribution in [3.63, 3.8) is 0 Å². The van der Waals surface area contributed by atoms with Crippen LogP contribution in [0, 0.1) is 5.82 Å². The summed E-state index contributed by atoms with van der Waals surface area (Å²) in [5.41, 5.74) is 0.0875. The number of aryl methyl sites for hydroxylation is 1. The number of methoxy groups -OCH3 is 2. The first-order valence-electron chi connectivity index (χ1n) is 6.01. The van der Waals surface area contributed by atoms with Crippen LogP contribution in [0.5, 0.6) is 5.75 Å². The van der Waals surface area contributed by atoms with Crippen molar-refractivity contribution < 1.29 is 18.7 Å². The Balaban J connectivity index is 2.59. The molecule has 0 spiro atoms. The number of carbonyl (C=O) groups is 1. The molecule has 0 fully saturated rings. The summed E-state index contributed by atoms with van der Waals surface area (Å²) in [6.07, 6.45) is 2.53. The molecule has 6 heteroatoms. The van der Waals surface area contributed by atoms with Crippen LogP contribution in [0.25, 0.3) is 10.6 Å². The molecule has 0 aliphatic rings. The summed E-state index contributed by atoms with van der Waals surface area (Å²) in [6.45, 7) is 2.00. The minimum absolute atomic E-state index is 0.157. The summed E-state index contributed by atoms with van der Waals surface area (Å²) < 4.78 is 24.1. The Labute approximate surface area is 120 Å². The van der Waals surface area contributed by atoms with Crippen molar-refractivity contribution in [2.45, 2.75) is 13.3 Å². The second kappa shape index (κ2) is 6.00. The maximum absolute atomic E-state index is 14.4. The van der Waals surface area contributed by atoms with Crippen molar-refractivity contribution in [2.24, 2.45) is 0 Å². The van der Waals surface area contributed by atoms with Crippen LogP contribution in [0.15, 0.2) is 18.3 Å². The minimum atomic E-state index is -0.741. The van der Waals surface area contributed by atoms with E-state index in [1.807, 2.05) is 6.92 Å². The van der Waals surface area contributed by atoms with Crippen molar-refractivity contribution in [3.8, 4) is 16.3 Å². The zero-order valence-corrected chi connectivity index (χ0v) is 12.2. The van der Waals surface area contributed by atoms with Gasteiger partial charge in [-0.05, 0) is 18.6 Å². The van der Waals surface area contributed by atoms with Crippen LogP contribution >= 0.6 is 11.3 Å². The van der Waals surface area contributed by atoms with Crippen molar-refractivity contribution in [3.05, 3.63) is 34.6 Å². The molecular weight excluding hydrogens is 281 g/mol. The number of thiazole rings is 1. The van der Waals surface area contributed by atoms with Crippen molar-refractivity contribution in [1.29, 1.82) is 0 Å². The minimum Gasteiger partial charge on any atom is -0.497 e. The van der Waals surface area contributed by atoms with E-state index in [4.69, 9.17) is 4.74 Å². The quantitative estimate of drug-likeness (QED) is 0.812. The summed E-state index contributed by atoms with van der Waals surface area (Å²) in [4.78, 5) is 16.8. The number of aromatic nitrogens is 1. The molecule has 1 aromatic carbocycles. The third-order valence-corrected chi connectivity index (χ3v) is 3.99. The van der Waals surface area contributed by atoms with Gasteiger partial charge in [-0.3, -0.25) is 0 Å². The molecule has 0 N–H and O–H groups in total. The average molecular weight is 295 g/mol. The van der Waals surface area contributed by atoms with Crippen LogP contribution in [0.2, 0.25) is 0 Å². The molecule has 4 nitrogen and oxygen atoms in total. The summed E-state index contributed by atoms with van der Waals surface area (Å²) in [5.74, 6) is -1.00. The summed E-state index contributed by atoms with van der Waals surface area (Å²) in [5, 5.41) is 0.517. The van der Waals surface area contributed by atoms with Gasteiger partial charge >= 0.3 is 5.97 Å². The number of carbonyl (C=O) groups excluding carboxylic acids is 1. The highest BCUT2D eigenvalue weighted by molar-refractivity contribution is 7.15. The van der Waals surface area contributed by atoms with Gasteiger partial charge in [0.05, 0.1) is 25.3 Å². The van der Waals surface area contributed by atoms with E-state index >= 15 is 0 Å². The fraction of sp³-hybridized carbons (Fsp3) is 0.286. The number of benzene rings is 1. The molecule has 0 saturated carbocycles. The van der Waals surface area contributed by atoms with E-state index in [1.54, 1.807) is 6.20 Å².